The van der Waals surface area contributed by atoms with Gasteiger partial charge in [0, 0.05) is 24.5 Å². The zero-order chi connectivity index (χ0) is 22.3. The summed E-state index contributed by atoms with van der Waals surface area (Å²) >= 11 is 0. The van der Waals surface area contributed by atoms with Crippen LogP contribution in [0.25, 0.3) is 10.9 Å². The monoisotopic (exact) mass is 437 g/mol. The number of carboxylic acids is 1. The fraction of sp³-hybridized carbons (Fsp3) is 0.480. The van der Waals surface area contributed by atoms with Gasteiger partial charge in [-0.25, -0.2) is 4.98 Å². The van der Waals surface area contributed by atoms with Crippen molar-refractivity contribution in [3.63, 3.8) is 0 Å². The van der Waals surface area contributed by atoms with Crippen LogP contribution < -0.4 is 4.74 Å². The zero-order valence-corrected chi connectivity index (χ0v) is 18.6. The molecule has 1 aliphatic heterocycles. The summed E-state index contributed by atoms with van der Waals surface area (Å²) in [5.41, 5.74) is 2.20. The van der Waals surface area contributed by atoms with E-state index in [1.54, 1.807) is 19.6 Å². The average molecular weight is 438 g/mol. The molecule has 3 aromatic rings. The Morgan fingerprint density at radius 2 is 2.12 bits per heavy atom. The highest BCUT2D eigenvalue weighted by Crippen LogP contribution is 2.30. The number of hydrogen-bond acceptors (Lipinski definition) is 6. The zero-order valence-electron chi connectivity index (χ0n) is 18.6. The minimum absolute atomic E-state index is 0.220. The molecule has 7 heteroatoms. The maximum Gasteiger partial charge on any atom is 0.308 e. The van der Waals surface area contributed by atoms with Crippen molar-refractivity contribution in [3.05, 3.63) is 54.4 Å². The second-order valence-corrected chi connectivity index (χ2v) is 8.57. The maximum absolute atomic E-state index is 12.0. The van der Waals surface area contributed by atoms with Crippen LogP contribution in [-0.2, 0) is 17.6 Å². The van der Waals surface area contributed by atoms with Crippen LogP contribution in [-0.4, -0.2) is 52.7 Å². The summed E-state index contributed by atoms with van der Waals surface area (Å²) in [4.78, 5) is 22.9. The van der Waals surface area contributed by atoms with Gasteiger partial charge in [-0.05, 0) is 80.9 Å². The van der Waals surface area contributed by atoms with Crippen LogP contribution in [0.3, 0.4) is 0 Å². The fourth-order valence-corrected chi connectivity index (χ4v) is 4.81. The van der Waals surface area contributed by atoms with E-state index in [0.717, 1.165) is 74.2 Å². The minimum Gasteiger partial charge on any atom is -0.497 e. The number of hydrogen-bond donors (Lipinski definition) is 1. The number of carboxylic acid groups (broad SMARTS) is 1. The number of pyridine rings is 1. The lowest BCUT2D eigenvalue weighted by molar-refractivity contribution is -0.146. The Morgan fingerprint density at radius 3 is 2.91 bits per heavy atom. The van der Waals surface area contributed by atoms with Gasteiger partial charge >= 0.3 is 5.97 Å². The number of aromatic nitrogens is 2. The molecule has 7 nitrogen and oxygen atoms in total. The predicted octanol–water partition coefficient (Wildman–Crippen LogP) is 4.21. The van der Waals surface area contributed by atoms with Crippen molar-refractivity contribution in [1.29, 1.82) is 0 Å². The summed E-state index contributed by atoms with van der Waals surface area (Å²) in [5, 5.41) is 11.0. The molecule has 1 aliphatic rings. The van der Waals surface area contributed by atoms with Gasteiger partial charge in [0.15, 0.2) is 5.89 Å². The number of piperidine rings is 1. The molecule has 0 bridgehead atoms. The molecule has 0 unspecified atom stereocenters. The smallest absolute Gasteiger partial charge is 0.308 e. The molecule has 1 N–H and O–H groups in total. The van der Waals surface area contributed by atoms with Crippen LogP contribution in [0.2, 0.25) is 0 Å². The Bertz CT molecular complexity index is 1020. The maximum atomic E-state index is 12.0. The molecule has 4 rings (SSSR count). The molecule has 1 saturated heterocycles. The molecule has 0 aliphatic carbocycles. The van der Waals surface area contributed by atoms with Gasteiger partial charge in [0.05, 0.1) is 24.7 Å². The quantitative estimate of drug-likeness (QED) is 0.508. The first-order valence-corrected chi connectivity index (χ1v) is 11.4. The number of methoxy groups -OCH3 is 1. The average Bonchev–Trinajstić information content (AvgIpc) is 3.33. The lowest BCUT2D eigenvalue weighted by Gasteiger charge is -2.36. The molecule has 0 saturated carbocycles. The highest BCUT2D eigenvalue weighted by atomic mass is 16.5. The number of aliphatic carboxylic acids is 1. The predicted molar refractivity (Wildman–Crippen MR) is 122 cm³/mol. The van der Waals surface area contributed by atoms with E-state index in [0.29, 0.717) is 6.54 Å². The first kappa shape index (κ1) is 22.3. The van der Waals surface area contributed by atoms with Crippen molar-refractivity contribution >= 4 is 16.9 Å². The molecule has 2 aromatic heterocycles. The summed E-state index contributed by atoms with van der Waals surface area (Å²) in [6, 6.07) is 8.01. The Kier molecular flexibility index (Phi) is 7.37. The second kappa shape index (κ2) is 10.6. The van der Waals surface area contributed by atoms with Gasteiger partial charge in [-0.15, -0.1) is 0 Å². The molecule has 0 amide bonds. The van der Waals surface area contributed by atoms with Crippen molar-refractivity contribution in [1.82, 2.24) is 14.9 Å². The number of oxazole rings is 1. The SMILES string of the molecule is COc1ccc2nccc(CCC[C@@H]3CCN(CCCc4ncco4)C[C@@H]3C(=O)O)c2c1. The van der Waals surface area contributed by atoms with Crippen molar-refractivity contribution < 1.29 is 19.1 Å². The van der Waals surface area contributed by atoms with E-state index < -0.39 is 5.97 Å². The van der Waals surface area contributed by atoms with E-state index >= 15 is 0 Å². The first-order valence-electron chi connectivity index (χ1n) is 11.4. The number of ether oxygens (including phenoxy) is 1. The van der Waals surface area contributed by atoms with Gasteiger partial charge < -0.3 is 19.2 Å². The van der Waals surface area contributed by atoms with Crippen molar-refractivity contribution in [3.8, 4) is 5.75 Å². The van der Waals surface area contributed by atoms with Crippen LogP contribution in [0.1, 0.15) is 37.1 Å². The molecule has 0 spiro atoms. The number of aryl methyl sites for hydroxylation is 2. The van der Waals surface area contributed by atoms with Crippen molar-refractivity contribution in [2.45, 2.75) is 38.5 Å². The van der Waals surface area contributed by atoms with Crippen LogP contribution in [0, 0.1) is 11.8 Å². The third-order valence-corrected chi connectivity index (χ3v) is 6.57. The van der Waals surface area contributed by atoms with Crippen LogP contribution >= 0.6 is 0 Å². The Labute approximate surface area is 188 Å². The molecular weight excluding hydrogens is 406 g/mol. The molecule has 3 heterocycles. The molecule has 1 fully saturated rings. The van der Waals surface area contributed by atoms with Crippen LogP contribution in [0.15, 0.2) is 47.3 Å². The Hall–Kier alpha value is -2.93. The summed E-state index contributed by atoms with van der Waals surface area (Å²) < 4.78 is 10.7. The summed E-state index contributed by atoms with van der Waals surface area (Å²) in [6.45, 7) is 2.46. The second-order valence-electron chi connectivity index (χ2n) is 8.57. The Morgan fingerprint density at radius 1 is 1.22 bits per heavy atom. The highest BCUT2D eigenvalue weighted by Gasteiger charge is 2.33. The third-order valence-electron chi connectivity index (χ3n) is 6.57. The standard InChI is InChI=1S/C25H31N3O4/c1-31-20-7-8-23-21(16-20)18(9-11-26-23)4-2-5-19-10-14-28(17-22(19)25(29)30)13-3-6-24-27-12-15-32-24/h7-9,11-12,15-16,19,22H,2-6,10,13-14,17H2,1H3,(H,29,30)/t19-,22+/m1/s1. The number of likely N-dealkylation sites (tertiary alicyclic amines) is 1. The van der Waals surface area contributed by atoms with Crippen molar-refractivity contribution in [2.75, 3.05) is 26.7 Å². The molecule has 0 radical (unpaired) electrons. The molecule has 170 valence electrons. The van der Waals surface area contributed by atoms with E-state index in [1.807, 2.05) is 24.4 Å². The lowest BCUT2D eigenvalue weighted by Crippen LogP contribution is -2.44. The number of carbonyl (C=O) groups is 1. The van der Waals surface area contributed by atoms with Gasteiger partial charge in [-0.2, -0.15) is 0 Å². The number of fused-ring (bicyclic) bond motifs is 1. The summed E-state index contributed by atoms with van der Waals surface area (Å²) in [7, 11) is 1.67. The van der Waals surface area contributed by atoms with Gasteiger partial charge in [0.25, 0.3) is 0 Å². The molecule has 2 atom stereocenters. The molecule has 32 heavy (non-hydrogen) atoms. The van der Waals surface area contributed by atoms with E-state index in [9.17, 15) is 9.90 Å². The first-order chi connectivity index (χ1) is 15.6. The van der Waals surface area contributed by atoms with E-state index in [4.69, 9.17) is 9.15 Å². The topological polar surface area (TPSA) is 88.7 Å². The summed E-state index contributed by atoms with van der Waals surface area (Å²) in [6.07, 6.45) is 10.5. The fourth-order valence-electron chi connectivity index (χ4n) is 4.81. The molecule has 1 aromatic carbocycles. The lowest BCUT2D eigenvalue weighted by atomic mass is 9.81. The normalized spacial score (nSPS) is 19.3. The van der Waals surface area contributed by atoms with Crippen molar-refractivity contribution in [2.24, 2.45) is 11.8 Å². The van der Waals surface area contributed by atoms with Crippen LogP contribution in [0.5, 0.6) is 5.75 Å². The number of nitrogens with zero attached hydrogens (tertiary/aromatic N) is 3. The minimum atomic E-state index is -0.675. The number of rotatable bonds is 10. The largest absolute Gasteiger partial charge is 0.497 e. The van der Waals surface area contributed by atoms with E-state index in [1.165, 1.54) is 5.56 Å². The molecular formula is C25H31N3O4. The summed E-state index contributed by atoms with van der Waals surface area (Å²) in [5.74, 6) is 0.813. The van der Waals surface area contributed by atoms with Gasteiger partial charge in [-0.1, -0.05) is 0 Å². The Balaban J connectivity index is 1.30. The van der Waals surface area contributed by atoms with Gasteiger partial charge in [0.2, 0.25) is 0 Å². The number of benzene rings is 1. The van der Waals surface area contributed by atoms with E-state index in [2.05, 4.69) is 20.9 Å². The van der Waals surface area contributed by atoms with Gasteiger partial charge in [-0.3, -0.25) is 9.78 Å². The van der Waals surface area contributed by atoms with Gasteiger partial charge in [0.1, 0.15) is 12.0 Å². The van der Waals surface area contributed by atoms with Crippen LogP contribution in [0.4, 0.5) is 0 Å². The highest BCUT2D eigenvalue weighted by molar-refractivity contribution is 5.83. The third kappa shape index (κ3) is 5.46. The van der Waals surface area contributed by atoms with E-state index in [-0.39, 0.29) is 11.8 Å².